The van der Waals surface area contributed by atoms with Gasteiger partial charge in [-0.15, -0.1) is 0 Å². The molecule has 92 valence electrons. The molecule has 17 heavy (non-hydrogen) atoms. The van der Waals surface area contributed by atoms with Crippen LogP contribution in [-0.2, 0) is 5.41 Å². The van der Waals surface area contributed by atoms with E-state index in [1.807, 2.05) is 6.07 Å². The average molecular weight is 236 g/mol. The predicted octanol–water partition coefficient (Wildman–Crippen LogP) is 1.98. The number of hydrogen-bond acceptors (Lipinski definition) is 4. The van der Waals surface area contributed by atoms with Crippen LogP contribution in [0.5, 0.6) is 5.75 Å². The third-order valence-corrected chi connectivity index (χ3v) is 3.45. The molecule has 0 aromatic heterocycles. The van der Waals surface area contributed by atoms with E-state index in [9.17, 15) is 10.1 Å². The maximum absolute atomic E-state index is 11.2. The van der Waals surface area contributed by atoms with Crippen LogP contribution in [-0.4, -0.2) is 18.6 Å². The van der Waals surface area contributed by atoms with E-state index in [0.29, 0.717) is 12.3 Å². The van der Waals surface area contributed by atoms with Crippen LogP contribution in [0.2, 0.25) is 0 Å². The third-order valence-electron chi connectivity index (χ3n) is 3.45. The molecule has 0 atom stereocenters. The summed E-state index contributed by atoms with van der Waals surface area (Å²) in [6.45, 7) is 0.550. The van der Waals surface area contributed by atoms with E-state index >= 15 is 0 Å². The summed E-state index contributed by atoms with van der Waals surface area (Å²) in [5, 5.41) is 11.2. The highest BCUT2D eigenvalue weighted by atomic mass is 16.6. The molecule has 0 saturated heterocycles. The Bertz CT molecular complexity index is 441. The summed E-state index contributed by atoms with van der Waals surface area (Å²) in [6, 6.07) is 5.25. The van der Waals surface area contributed by atoms with Gasteiger partial charge in [0.25, 0.3) is 0 Å². The molecule has 2 rings (SSSR count). The Morgan fingerprint density at radius 3 is 2.71 bits per heavy atom. The summed E-state index contributed by atoms with van der Waals surface area (Å²) in [5.74, 6) is 0.329. The lowest BCUT2D eigenvalue weighted by Crippen LogP contribution is -2.15. The van der Waals surface area contributed by atoms with Crippen molar-refractivity contribution in [2.75, 3.05) is 13.7 Å². The van der Waals surface area contributed by atoms with Crippen LogP contribution in [0, 0.1) is 10.1 Å². The molecule has 0 radical (unpaired) electrons. The third kappa shape index (κ3) is 1.98. The van der Waals surface area contributed by atoms with Gasteiger partial charge in [-0.3, -0.25) is 10.1 Å². The van der Waals surface area contributed by atoms with Gasteiger partial charge in [0, 0.05) is 11.0 Å². The van der Waals surface area contributed by atoms with Crippen molar-refractivity contribution in [2.24, 2.45) is 5.73 Å². The molecule has 0 unspecified atom stereocenters. The van der Waals surface area contributed by atoms with Crippen LogP contribution >= 0.6 is 0 Å². The fourth-order valence-electron chi connectivity index (χ4n) is 2.38. The van der Waals surface area contributed by atoms with Crippen LogP contribution in [0.15, 0.2) is 18.2 Å². The zero-order valence-electron chi connectivity index (χ0n) is 9.81. The largest absolute Gasteiger partial charge is 0.490 e. The molecule has 5 nitrogen and oxygen atoms in total. The van der Waals surface area contributed by atoms with Gasteiger partial charge in [0.2, 0.25) is 0 Å². The Hall–Kier alpha value is -1.62. The van der Waals surface area contributed by atoms with Crippen LogP contribution < -0.4 is 10.5 Å². The summed E-state index contributed by atoms with van der Waals surface area (Å²) in [4.78, 5) is 10.8. The number of nitro benzene ring substituents is 1. The molecule has 0 spiro atoms. The maximum atomic E-state index is 11.2. The summed E-state index contributed by atoms with van der Waals surface area (Å²) >= 11 is 0. The normalized spacial score (nSPS) is 16.6. The number of ether oxygens (including phenoxy) is 1. The van der Waals surface area contributed by atoms with Gasteiger partial charge in [0.15, 0.2) is 5.75 Å². The van der Waals surface area contributed by atoms with Crippen LogP contribution in [0.25, 0.3) is 0 Å². The highest BCUT2D eigenvalue weighted by molar-refractivity contribution is 5.57. The molecule has 2 N–H and O–H groups in total. The van der Waals surface area contributed by atoms with Crippen molar-refractivity contribution in [1.82, 2.24) is 0 Å². The van der Waals surface area contributed by atoms with E-state index in [-0.39, 0.29) is 16.0 Å². The van der Waals surface area contributed by atoms with Crippen molar-refractivity contribution >= 4 is 5.69 Å². The standard InChI is InChI=1S/C12H16N2O3/c1-17-10-4-2-3-9(11(10)14(15)16)12(5-6-12)7-8-13/h2-4H,5-8,13H2,1H3. The van der Waals surface area contributed by atoms with Gasteiger partial charge >= 0.3 is 5.69 Å². The first-order chi connectivity index (χ1) is 8.14. The van der Waals surface area contributed by atoms with Gasteiger partial charge in [0.05, 0.1) is 12.0 Å². The average Bonchev–Trinajstić information content (AvgIpc) is 3.09. The number of methoxy groups -OCH3 is 1. The molecule has 0 aliphatic heterocycles. The summed E-state index contributed by atoms with van der Waals surface area (Å²) in [6.07, 6.45) is 2.73. The zero-order valence-corrected chi connectivity index (χ0v) is 9.81. The number of nitrogens with zero attached hydrogens (tertiary/aromatic N) is 1. The van der Waals surface area contributed by atoms with Crippen molar-refractivity contribution in [1.29, 1.82) is 0 Å². The summed E-state index contributed by atoms with van der Waals surface area (Å²) < 4.78 is 5.08. The van der Waals surface area contributed by atoms with E-state index < -0.39 is 0 Å². The topological polar surface area (TPSA) is 78.4 Å². The maximum Gasteiger partial charge on any atom is 0.314 e. The number of nitro groups is 1. The highest BCUT2D eigenvalue weighted by Crippen LogP contribution is 2.54. The van der Waals surface area contributed by atoms with Gasteiger partial charge in [-0.1, -0.05) is 12.1 Å². The SMILES string of the molecule is COc1cccc(C2(CCN)CC2)c1[N+](=O)[O-]. The Morgan fingerprint density at radius 1 is 1.53 bits per heavy atom. The lowest BCUT2D eigenvalue weighted by Gasteiger charge is -2.15. The van der Waals surface area contributed by atoms with E-state index in [2.05, 4.69) is 0 Å². The molecule has 5 heteroatoms. The van der Waals surface area contributed by atoms with Crippen molar-refractivity contribution in [3.8, 4) is 5.75 Å². The molecule has 1 aromatic carbocycles. The second kappa shape index (κ2) is 4.33. The monoisotopic (exact) mass is 236 g/mol. The second-order valence-corrected chi connectivity index (χ2v) is 4.43. The summed E-state index contributed by atoms with van der Waals surface area (Å²) in [5.41, 5.74) is 6.36. The van der Waals surface area contributed by atoms with Crippen LogP contribution in [0.4, 0.5) is 5.69 Å². The minimum absolute atomic E-state index is 0.0916. The Labute approximate surface area is 99.7 Å². The molecule has 1 saturated carbocycles. The van der Waals surface area contributed by atoms with Gasteiger partial charge in [-0.25, -0.2) is 0 Å². The fourth-order valence-corrected chi connectivity index (χ4v) is 2.38. The Balaban J connectivity index is 2.50. The van der Waals surface area contributed by atoms with Crippen LogP contribution in [0.1, 0.15) is 24.8 Å². The van der Waals surface area contributed by atoms with E-state index in [0.717, 1.165) is 24.8 Å². The van der Waals surface area contributed by atoms with Crippen molar-refractivity contribution in [2.45, 2.75) is 24.7 Å². The minimum atomic E-state index is -0.356. The van der Waals surface area contributed by atoms with Crippen molar-refractivity contribution < 1.29 is 9.66 Å². The van der Waals surface area contributed by atoms with E-state index in [1.54, 1.807) is 12.1 Å². The van der Waals surface area contributed by atoms with Gasteiger partial charge in [-0.05, 0) is 31.9 Å². The number of benzene rings is 1. The fraction of sp³-hybridized carbons (Fsp3) is 0.500. The first kappa shape index (κ1) is 11.9. The molecule has 0 heterocycles. The number of para-hydroxylation sites is 1. The highest BCUT2D eigenvalue weighted by Gasteiger charge is 2.48. The smallest absolute Gasteiger partial charge is 0.314 e. The van der Waals surface area contributed by atoms with Gasteiger partial charge < -0.3 is 10.5 Å². The Morgan fingerprint density at radius 2 is 2.24 bits per heavy atom. The van der Waals surface area contributed by atoms with Crippen LogP contribution in [0.3, 0.4) is 0 Å². The van der Waals surface area contributed by atoms with Gasteiger partial charge in [0.1, 0.15) is 0 Å². The first-order valence-corrected chi connectivity index (χ1v) is 5.66. The van der Waals surface area contributed by atoms with E-state index in [4.69, 9.17) is 10.5 Å². The molecule has 0 bridgehead atoms. The molecule has 0 amide bonds. The molecule has 1 aliphatic rings. The second-order valence-electron chi connectivity index (χ2n) is 4.43. The number of nitrogens with two attached hydrogens (primary N) is 1. The molecular formula is C12H16N2O3. The number of rotatable bonds is 5. The van der Waals surface area contributed by atoms with E-state index in [1.165, 1.54) is 7.11 Å². The molecule has 1 aromatic rings. The molecular weight excluding hydrogens is 220 g/mol. The Kier molecular flexibility index (Phi) is 3.02. The van der Waals surface area contributed by atoms with Crippen molar-refractivity contribution in [3.63, 3.8) is 0 Å². The molecule has 1 fully saturated rings. The minimum Gasteiger partial charge on any atom is -0.490 e. The quantitative estimate of drug-likeness (QED) is 0.626. The van der Waals surface area contributed by atoms with Gasteiger partial charge in [-0.2, -0.15) is 0 Å². The molecule has 1 aliphatic carbocycles. The zero-order chi connectivity index (χ0) is 12.5. The first-order valence-electron chi connectivity index (χ1n) is 5.66. The predicted molar refractivity (Wildman–Crippen MR) is 64.2 cm³/mol. The van der Waals surface area contributed by atoms with Crippen molar-refractivity contribution in [3.05, 3.63) is 33.9 Å². The lowest BCUT2D eigenvalue weighted by molar-refractivity contribution is -0.386. The number of hydrogen-bond donors (Lipinski definition) is 1. The lowest BCUT2D eigenvalue weighted by atomic mass is 9.90. The summed E-state index contributed by atoms with van der Waals surface area (Å²) in [7, 11) is 1.45.